The van der Waals surface area contributed by atoms with Crippen molar-refractivity contribution >= 4 is 72.9 Å². The highest BCUT2D eigenvalue weighted by Gasteiger charge is 2.43. The number of thioether (sulfide) groups is 2. The van der Waals surface area contributed by atoms with Crippen molar-refractivity contribution in [3.63, 3.8) is 0 Å². The minimum atomic E-state index is -0.195. The fourth-order valence-corrected chi connectivity index (χ4v) is 7.01. The number of anilines is 2. The summed E-state index contributed by atoms with van der Waals surface area (Å²) in [5.41, 5.74) is 2.66. The summed E-state index contributed by atoms with van der Waals surface area (Å²) in [5, 5.41) is 3.79. The van der Waals surface area contributed by atoms with Crippen molar-refractivity contribution in [1.29, 1.82) is 0 Å². The monoisotopic (exact) mass is 498 g/mol. The molecule has 2 aromatic carbocycles. The zero-order valence-corrected chi connectivity index (χ0v) is 20.6. The number of aryl methyl sites for hydroxylation is 1. The van der Waals surface area contributed by atoms with Crippen molar-refractivity contribution in [2.45, 2.75) is 24.6 Å². The molecule has 2 aliphatic rings. The Hall–Kier alpha value is -2.56. The molecule has 1 fully saturated rings. The number of benzene rings is 2. The third kappa shape index (κ3) is 4.47. The summed E-state index contributed by atoms with van der Waals surface area (Å²) in [5.74, 6) is 1.42. The molecule has 0 radical (unpaired) electrons. The Morgan fingerprint density at radius 1 is 1.30 bits per heavy atom. The number of carbonyl (C=O) groups is 2. The van der Waals surface area contributed by atoms with Crippen LogP contribution >= 0.6 is 34.9 Å². The first kappa shape index (κ1) is 22.2. The standard InChI is InChI=1S/C23H22N4O3S3/c1-13-7-8-14-18(11-13)33-22(24-14)26-19(28)12-32-23-25-15-9-10-31-20(15)21(29)27(23)16-5-3-4-6-17(16)30-2/h3-8,11,15,20H,9-10,12H2,1-2H3,(H,24,26,28). The number of hydrogen-bond donors (Lipinski definition) is 1. The van der Waals surface area contributed by atoms with Gasteiger partial charge in [-0.05, 0) is 48.9 Å². The second-order valence-electron chi connectivity index (χ2n) is 7.73. The number of fused-ring (bicyclic) bond motifs is 2. The highest BCUT2D eigenvalue weighted by molar-refractivity contribution is 8.14. The summed E-state index contributed by atoms with van der Waals surface area (Å²) in [6.07, 6.45) is 0.863. The summed E-state index contributed by atoms with van der Waals surface area (Å²) in [6, 6.07) is 13.4. The van der Waals surface area contributed by atoms with Crippen LogP contribution in [-0.2, 0) is 9.59 Å². The number of thiazole rings is 1. The predicted molar refractivity (Wildman–Crippen MR) is 138 cm³/mol. The van der Waals surface area contributed by atoms with E-state index >= 15 is 0 Å². The third-order valence-electron chi connectivity index (χ3n) is 5.44. The molecule has 2 unspecified atom stereocenters. The highest BCUT2D eigenvalue weighted by atomic mass is 32.2. The summed E-state index contributed by atoms with van der Waals surface area (Å²) in [6.45, 7) is 2.03. The molecule has 0 saturated carbocycles. The molecule has 1 N–H and O–H groups in total. The molecule has 2 aliphatic heterocycles. The lowest BCUT2D eigenvalue weighted by Gasteiger charge is -2.33. The van der Waals surface area contributed by atoms with Crippen LogP contribution in [0.5, 0.6) is 5.75 Å². The molecular weight excluding hydrogens is 476 g/mol. The van der Waals surface area contributed by atoms with Crippen LogP contribution < -0.4 is 15.0 Å². The number of methoxy groups -OCH3 is 1. The number of amides is 2. The second kappa shape index (κ2) is 9.36. The molecular formula is C23H22N4O3S3. The van der Waals surface area contributed by atoms with Crippen LogP contribution in [0.4, 0.5) is 10.8 Å². The molecule has 1 saturated heterocycles. The molecule has 170 valence electrons. The number of nitrogens with one attached hydrogen (secondary N) is 1. The molecule has 0 aliphatic carbocycles. The Balaban J connectivity index is 1.35. The van der Waals surface area contributed by atoms with E-state index in [2.05, 4.69) is 16.4 Å². The lowest BCUT2D eigenvalue weighted by atomic mass is 10.1. The van der Waals surface area contributed by atoms with Gasteiger partial charge in [0.25, 0.3) is 0 Å². The highest BCUT2D eigenvalue weighted by Crippen LogP contribution is 2.40. The Morgan fingerprint density at radius 3 is 3.00 bits per heavy atom. The topological polar surface area (TPSA) is 83.9 Å². The summed E-state index contributed by atoms with van der Waals surface area (Å²) >= 11 is 4.36. The van der Waals surface area contributed by atoms with Gasteiger partial charge in [-0.2, -0.15) is 0 Å². The van der Waals surface area contributed by atoms with E-state index in [9.17, 15) is 9.59 Å². The van der Waals surface area contributed by atoms with Crippen LogP contribution in [0.15, 0.2) is 47.5 Å². The predicted octanol–water partition coefficient (Wildman–Crippen LogP) is 4.56. The minimum Gasteiger partial charge on any atom is -0.495 e. The minimum absolute atomic E-state index is 0.00792. The van der Waals surface area contributed by atoms with Crippen LogP contribution in [0.3, 0.4) is 0 Å². The van der Waals surface area contributed by atoms with Crippen molar-refractivity contribution in [1.82, 2.24) is 4.98 Å². The van der Waals surface area contributed by atoms with Crippen LogP contribution in [0, 0.1) is 6.92 Å². The summed E-state index contributed by atoms with van der Waals surface area (Å²) < 4.78 is 6.53. The Morgan fingerprint density at radius 2 is 2.15 bits per heavy atom. The fraction of sp³-hybridized carbons (Fsp3) is 0.304. The van der Waals surface area contributed by atoms with Crippen LogP contribution in [0.1, 0.15) is 12.0 Å². The molecule has 2 amide bonds. The van der Waals surface area contributed by atoms with Gasteiger partial charge < -0.3 is 10.1 Å². The fourth-order valence-electron chi connectivity index (χ4n) is 3.88. The van der Waals surface area contributed by atoms with Gasteiger partial charge in [0.1, 0.15) is 11.0 Å². The number of hydrogen-bond acceptors (Lipinski definition) is 8. The van der Waals surface area contributed by atoms with E-state index in [1.54, 1.807) is 23.8 Å². The maximum atomic E-state index is 13.4. The number of carbonyl (C=O) groups excluding carboxylic acids is 2. The molecule has 10 heteroatoms. The van der Waals surface area contributed by atoms with E-state index in [1.165, 1.54) is 23.1 Å². The van der Waals surface area contributed by atoms with Gasteiger partial charge in [-0.15, -0.1) is 11.8 Å². The lowest BCUT2D eigenvalue weighted by molar-refractivity contribution is -0.117. The van der Waals surface area contributed by atoms with E-state index in [0.717, 1.165) is 28.0 Å². The number of amidine groups is 1. The molecule has 1 aromatic heterocycles. The zero-order chi connectivity index (χ0) is 22.9. The van der Waals surface area contributed by atoms with E-state index in [-0.39, 0.29) is 28.9 Å². The van der Waals surface area contributed by atoms with Crippen LogP contribution in [0.2, 0.25) is 0 Å². The van der Waals surface area contributed by atoms with Crippen LogP contribution in [-0.4, -0.2) is 51.9 Å². The number of ether oxygens (including phenoxy) is 1. The van der Waals surface area contributed by atoms with Gasteiger partial charge in [-0.1, -0.05) is 41.3 Å². The SMILES string of the molecule is COc1ccccc1N1C(=O)C2SCCC2N=C1SCC(=O)Nc1nc2ccc(C)cc2s1. The Kier molecular flexibility index (Phi) is 6.31. The van der Waals surface area contributed by atoms with Gasteiger partial charge in [0.05, 0.1) is 34.8 Å². The average Bonchev–Trinajstić information content (AvgIpc) is 3.44. The summed E-state index contributed by atoms with van der Waals surface area (Å²) in [4.78, 5) is 37.1. The maximum Gasteiger partial charge on any atom is 0.248 e. The van der Waals surface area contributed by atoms with Crippen molar-refractivity contribution in [2.75, 3.05) is 28.8 Å². The van der Waals surface area contributed by atoms with Crippen LogP contribution in [0.25, 0.3) is 10.2 Å². The van der Waals surface area contributed by atoms with Gasteiger partial charge in [-0.3, -0.25) is 19.5 Å². The second-order valence-corrected chi connectivity index (χ2v) is 11.0. The number of nitrogens with zero attached hydrogens (tertiary/aromatic N) is 3. The van der Waals surface area contributed by atoms with Gasteiger partial charge >= 0.3 is 0 Å². The van der Waals surface area contributed by atoms with E-state index < -0.39 is 0 Å². The van der Waals surface area contributed by atoms with Crippen molar-refractivity contribution in [3.8, 4) is 5.75 Å². The average molecular weight is 499 g/mol. The van der Waals surface area contributed by atoms with Crippen molar-refractivity contribution in [2.24, 2.45) is 4.99 Å². The van der Waals surface area contributed by atoms with E-state index in [1.807, 2.05) is 43.3 Å². The maximum absolute atomic E-state index is 13.4. The van der Waals surface area contributed by atoms with Gasteiger partial charge in [-0.25, -0.2) is 4.98 Å². The van der Waals surface area contributed by atoms with E-state index in [0.29, 0.717) is 21.7 Å². The van der Waals surface area contributed by atoms with Crippen molar-refractivity contribution < 1.29 is 14.3 Å². The molecule has 0 bridgehead atoms. The number of aliphatic imine (C=N–C) groups is 1. The molecule has 3 aromatic rings. The quantitative estimate of drug-likeness (QED) is 0.555. The molecule has 2 atom stereocenters. The first-order valence-electron chi connectivity index (χ1n) is 10.5. The number of para-hydroxylation sites is 2. The first-order valence-corrected chi connectivity index (χ1v) is 13.3. The van der Waals surface area contributed by atoms with Crippen molar-refractivity contribution in [3.05, 3.63) is 48.0 Å². The Labute approximate surface area is 204 Å². The molecule has 7 nitrogen and oxygen atoms in total. The largest absolute Gasteiger partial charge is 0.495 e. The number of aromatic nitrogens is 1. The molecule has 3 heterocycles. The van der Waals surface area contributed by atoms with Gasteiger partial charge in [0.15, 0.2) is 10.3 Å². The first-order chi connectivity index (χ1) is 16.0. The normalized spacial score (nSPS) is 20.0. The van der Waals surface area contributed by atoms with Gasteiger partial charge in [0.2, 0.25) is 11.8 Å². The molecule has 5 rings (SSSR count). The summed E-state index contributed by atoms with van der Waals surface area (Å²) in [7, 11) is 1.58. The van der Waals surface area contributed by atoms with E-state index in [4.69, 9.17) is 9.73 Å². The number of rotatable bonds is 5. The van der Waals surface area contributed by atoms with Gasteiger partial charge in [0, 0.05) is 0 Å². The Bertz CT molecular complexity index is 1260. The molecule has 0 spiro atoms. The molecule has 33 heavy (non-hydrogen) atoms. The zero-order valence-electron chi connectivity index (χ0n) is 18.1. The lowest BCUT2D eigenvalue weighted by Crippen LogP contribution is -2.48. The smallest absolute Gasteiger partial charge is 0.248 e. The third-order valence-corrected chi connectivity index (χ3v) is 8.67.